The van der Waals surface area contributed by atoms with E-state index < -0.39 is 29.6 Å². The predicted octanol–water partition coefficient (Wildman–Crippen LogP) is 3.92. The first-order valence-corrected chi connectivity index (χ1v) is 6.40. The SMILES string of the molecule is CCOC(=O)c1oc(Nc2ccccc2C)nc1C(F)(F)F. The Hall–Kier alpha value is -2.51. The van der Waals surface area contributed by atoms with Gasteiger partial charge >= 0.3 is 18.2 Å². The summed E-state index contributed by atoms with van der Waals surface area (Å²) >= 11 is 0. The van der Waals surface area contributed by atoms with E-state index in [0.29, 0.717) is 5.69 Å². The molecule has 0 aliphatic rings. The molecule has 0 aliphatic carbocycles. The van der Waals surface area contributed by atoms with Crippen LogP contribution >= 0.6 is 0 Å². The normalized spacial score (nSPS) is 11.3. The van der Waals surface area contributed by atoms with Gasteiger partial charge in [-0.2, -0.15) is 18.2 Å². The molecule has 0 radical (unpaired) electrons. The molecular formula is C14H13F3N2O3. The van der Waals surface area contributed by atoms with Gasteiger partial charge in [0.2, 0.25) is 5.76 Å². The monoisotopic (exact) mass is 314 g/mol. The van der Waals surface area contributed by atoms with Crippen LogP contribution in [0.2, 0.25) is 0 Å². The van der Waals surface area contributed by atoms with Gasteiger partial charge in [0, 0.05) is 5.69 Å². The molecule has 0 bridgehead atoms. The third-order valence-electron chi connectivity index (χ3n) is 2.74. The summed E-state index contributed by atoms with van der Waals surface area (Å²) in [7, 11) is 0. The molecule has 0 spiro atoms. The number of para-hydroxylation sites is 1. The number of ether oxygens (including phenoxy) is 1. The van der Waals surface area contributed by atoms with E-state index in [9.17, 15) is 18.0 Å². The van der Waals surface area contributed by atoms with Gasteiger partial charge in [0.25, 0.3) is 0 Å². The highest BCUT2D eigenvalue weighted by Gasteiger charge is 2.41. The molecule has 8 heteroatoms. The quantitative estimate of drug-likeness (QED) is 0.866. The number of carbonyl (C=O) groups is 1. The molecule has 0 atom stereocenters. The molecule has 0 saturated carbocycles. The fraction of sp³-hybridized carbons (Fsp3) is 0.286. The van der Waals surface area contributed by atoms with E-state index in [-0.39, 0.29) is 6.61 Å². The molecule has 0 fully saturated rings. The van der Waals surface area contributed by atoms with E-state index in [1.165, 1.54) is 6.92 Å². The van der Waals surface area contributed by atoms with E-state index in [4.69, 9.17) is 4.42 Å². The number of rotatable bonds is 4. The van der Waals surface area contributed by atoms with Gasteiger partial charge in [-0.3, -0.25) is 0 Å². The van der Waals surface area contributed by atoms with Gasteiger partial charge < -0.3 is 14.5 Å². The molecule has 2 aromatic rings. The highest BCUT2D eigenvalue weighted by atomic mass is 19.4. The molecule has 1 N–H and O–H groups in total. The summed E-state index contributed by atoms with van der Waals surface area (Å²) in [5.74, 6) is -2.18. The number of nitrogens with zero attached hydrogens (tertiary/aromatic N) is 1. The lowest BCUT2D eigenvalue weighted by Gasteiger charge is -2.04. The minimum atomic E-state index is -4.82. The second-order valence-electron chi connectivity index (χ2n) is 4.35. The minimum Gasteiger partial charge on any atom is -0.460 e. The average molecular weight is 314 g/mol. The Morgan fingerprint density at radius 3 is 2.64 bits per heavy atom. The number of anilines is 2. The van der Waals surface area contributed by atoms with Crippen LogP contribution in [0.3, 0.4) is 0 Å². The van der Waals surface area contributed by atoms with Gasteiger partial charge in [-0.15, -0.1) is 0 Å². The summed E-state index contributed by atoms with van der Waals surface area (Å²) in [5, 5.41) is 2.62. The number of hydrogen-bond acceptors (Lipinski definition) is 5. The minimum absolute atomic E-state index is 0.0720. The molecular weight excluding hydrogens is 301 g/mol. The van der Waals surface area contributed by atoms with Crippen LogP contribution in [0.4, 0.5) is 24.9 Å². The molecule has 118 valence electrons. The lowest BCUT2D eigenvalue weighted by atomic mass is 10.2. The maximum absolute atomic E-state index is 12.9. The number of halogens is 3. The van der Waals surface area contributed by atoms with E-state index in [1.807, 2.05) is 0 Å². The van der Waals surface area contributed by atoms with E-state index in [1.54, 1.807) is 31.2 Å². The van der Waals surface area contributed by atoms with Crippen LogP contribution < -0.4 is 5.32 Å². The standard InChI is InChI=1S/C14H13F3N2O3/c1-3-21-12(20)10-11(14(15,16)17)19-13(22-10)18-9-7-5-4-6-8(9)2/h4-7H,3H2,1-2H3,(H,18,19). The number of aryl methyl sites for hydroxylation is 1. The highest BCUT2D eigenvalue weighted by Crippen LogP contribution is 2.34. The molecule has 1 heterocycles. The number of hydrogen-bond donors (Lipinski definition) is 1. The zero-order chi connectivity index (χ0) is 16.3. The number of esters is 1. The number of aromatic nitrogens is 1. The lowest BCUT2D eigenvalue weighted by Crippen LogP contribution is -2.14. The molecule has 0 unspecified atom stereocenters. The first-order valence-electron chi connectivity index (χ1n) is 6.40. The molecule has 0 amide bonds. The Labute approximate surface area is 124 Å². The molecule has 0 aliphatic heterocycles. The van der Waals surface area contributed by atoms with Crippen molar-refractivity contribution in [1.29, 1.82) is 0 Å². The summed E-state index contributed by atoms with van der Waals surface area (Å²) in [6, 6.07) is 6.47. The Kier molecular flexibility index (Phi) is 4.39. The van der Waals surface area contributed by atoms with Crippen molar-refractivity contribution < 1.29 is 27.1 Å². The van der Waals surface area contributed by atoms with E-state index >= 15 is 0 Å². The van der Waals surface area contributed by atoms with Gasteiger partial charge in [-0.05, 0) is 25.5 Å². The Morgan fingerprint density at radius 1 is 1.36 bits per heavy atom. The second-order valence-corrected chi connectivity index (χ2v) is 4.35. The van der Waals surface area contributed by atoms with Crippen LogP contribution in [0.25, 0.3) is 0 Å². The smallest absolute Gasteiger partial charge is 0.437 e. The zero-order valence-electron chi connectivity index (χ0n) is 11.8. The van der Waals surface area contributed by atoms with Crippen molar-refractivity contribution in [3.05, 3.63) is 41.3 Å². The van der Waals surface area contributed by atoms with E-state index in [0.717, 1.165) is 5.56 Å². The molecule has 5 nitrogen and oxygen atoms in total. The van der Waals surface area contributed by atoms with Crippen molar-refractivity contribution in [2.45, 2.75) is 20.0 Å². The summed E-state index contributed by atoms with van der Waals surface area (Å²) in [4.78, 5) is 14.9. The fourth-order valence-electron chi connectivity index (χ4n) is 1.73. The van der Waals surface area contributed by atoms with Crippen molar-refractivity contribution in [2.24, 2.45) is 0 Å². The van der Waals surface area contributed by atoms with Crippen LogP contribution in [0.5, 0.6) is 0 Å². The molecule has 22 heavy (non-hydrogen) atoms. The Bertz CT molecular complexity index is 680. The number of carbonyl (C=O) groups excluding carboxylic acids is 1. The summed E-state index contributed by atoms with van der Waals surface area (Å²) < 4.78 is 48.2. The zero-order valence-corrected chi connectivity index (χ0v) is 11.8. The van der Waals surface area contributed by atoms with Crippen LogP contribution in [0.15, 0.2) is 28.7 Å². The van der Waals surface area contributed by atoms with Crippen LogP contribution in [-0.4, -0.2) is 17.6 Å². The molecule has 0 saturated heterocycles. The second kappa shape index (κ2) is 6.08. The third kappa shape index (κ3) is 3.38. The largest absolute Gasteiger partial charge is 0.460 e. The van der Waals surface area contributed by atoms with Gasteiger partial charge in [-0.25, -0.2) is 4.79 Å². The first kappa shape index (κ1) is 15.9. The van der Waals surface area contributed by atoms with Crippen LogP contribution in [-0.2, 0) is 10.9 Å². The summed E-state index contributed by atoms with van der Waals surface area (Å²) in [6.45, 7) is 3.17. The summed E-state index contributed by atoms with van der Waals surface area (Å²) in [5.41, 5.74) is -0.109. The highest BCUT2D eigenvalue weighted by molar-refractivity contribution is 5.88. The number of benzene rings is 1. The summed E-state index contributed by atoms with van der Waals surface area (Å²) in [6.07, 6.45) is -4.82. The van der Waals surface area contributed by atoms with Crippen LogP contribution in [0, 0.1) is 6.92 Å². The fourth-order valence-corrected chi connectivity index (χ4v) is 1.73. The molecule has 1 aromatic carbocycles. The van der Waals surface area contributed by atoms with Crippen molar-refractivity contribution in [2.75, 3.05) is 11.9 Å². The van der Waals surface area contributed by atoms with E-state index in [2.05, 4.69) is 15.0 Å². The van der Waals surface area contributed by atoms with Crippen molar-refractivity contribution in [1.82, 2.24) is 4.98 Å². The number of nitrogens with one attached hydrogen (secondary N) is 1. The predicted molar refractivity (Wildman–Crippen MR) is 71.9 cm³/mol. The number of oxazole rings is 1. The topological polar surface area (TPSA) is 64.4 Å². The van der Waals surface area contributed by atoms with Crippen LogP contribution in [0.1, 0.15) is 28.7 Å². The third-order valence-corrected chi connectivity index (χ3v) is 2.74. The van der Waals surface area contributed by atoms with Crippen molar-refractivity contribution >= 4 is 17.7 Å². The first-order chi connectivity index (χ1) is 10.3. The van der Waals surface area contributed by atoms with Crippen molar-refractivity contribution in [3.63, 3.8) is 0 Å². The average Bonchev–Trinajstić information content (AvgIpc) is 2.86. The number of alkyl halides is 3. The lowest BCUT2D eigenvalue weighted by molar-refractivity contribution is -0.141. The van der Waals surface area contributed by atoms with Crippen molar-refractivity contribution in [3.8, 4) is 0 Å². The molecule has 1 aromatic heterocycles. The van der Waals surface area contributed by atoms with Gasteiger partial charge in [-0.1, -0.05) is 18.2 Å². The maximum atomic E-state index is 12.9. The molecule has 2 rings (SSSR count). The maximum Gasteiger partial charge on any atom is 0.437 e. The van der Waals surface area contributed by atoms with Gasteiger partial charge in [0.05, 0.1) is 6.61 Å². The Morgan fingerprint density at radius 2 is 2.05 bits per heavy atom. The van der Waals surface area contributed by atoms with Gasteiger partial charge in [0.15, 0.2) is 5.69 Å². The Balaban J connectivity index is 2.38. The van der Waals surface area contributed by atoms with Gasteiger partial charge in [0.1, 0.15) is 0 Å².